The molecule has 7 nitrogen and oxygen atoms in total. The number of methoxy groups -OCH3 is 2. The van der Waals surface area contributed by atoms with Crippen LogP contribution in [0.4, 0.5) is 0 Å². The van der Waals surface area contributed by atoms with Gasteiger partial charge < -0.3 is 14.2 Å². The van der Waals surface area contributed by atoms with Crippen molar-refractivity contribution in [1.29, 1.82) is 0 Å². The Morgan fingerprint density at radius 1 is 1.05 bits per heavy atom. The summed E-state index contributed by atoms with van der Waals surface area (Å²) in [5.74, 6) is -1.71. The Hall–Kier alpha value is -2.44. The molecule has 1 rings (SSSR count). The van der Waals surface area contributed by atoms with Gasteiger partial charge in [0.1, 0.15) is 11.1 Å². The van der Waals surface area contributed by atoms with E-state index >= 15 is 0 Å². The third-order valence-corrected chi connectivity index (χ3v) is 2.38. The fourth-order valence-electron chi connectivity index (χ4n) is 1.54. The van der Waals surface area contributed by atoms with Crippen molar-refractivity contribution in [2.24, 2.45) is 0 Å². The largest absolute Gasteiger partial charge is 0.465 e. The molecule has 0 fully saturated rings. The second-order valence-corrected chi connectivity index (χ2v) is 3.77. The summed E-state index contributed by atoms with van der Waals surface area (Å²) in [6, 6.07) is 1.33. The molecule has 0 unspecified atom stereocenters. The zero-order chi connectivity index (χ0) is 15.1. The average Bonchev–Trinajstić information content (AvgIpc) is 2.45. The fraction of sp³-hybridized carbons (Fsp3) is 0.385. The number of carbonyl (C=O) groups is 3. The van der Waals surface area contributed by atoms with Crippen LogP contribution in [0.1, 0.15) is 27.6 Å². The van der Waals surface area contributed by atoms with Crippen LogP contribution in [0.3, 0.4) is 0 Å². The van der Waals surface area contributed by atoms with Gasteiger partial charge in [-0.25, -0.2) is 14.4 Å². The zero-order valence-corrected chi connectivity index (χ0v) is 11.5. The predicted octanol–water partition coefficient (Wildman–Crippen LogP) is 0.110. The molecule has 0 aromatic carbocycles. The van der Waals surface area contributed by atoms with Crippen LogP contribution < -0.4 is 4.57 Å². The third-order valence-electron chi connectivity index (χ3n) is 2.38. The molecule has 0 radical (unpaired) electrons. The number of esters is 3. The van der Waals surface area contributed by atoms with E-state index in [2.05, 4.69) is 9.47 Å². The summed E-state index contributed by atoms with van der Waals surface area (Å²) >= 11 is 0. The van der Waals surface area contributed by atoms with Crippen molar-refractivity contribution in [3.63, 3.8) is 0 Å². The lowest BCUT2D eigenvalue weighted by Crippen LogP contribution is -2.40. The van der Waals surface area contributed by atoms with Gasteiger partial charge in [0.2, 0.25) is 6.54 Å². The van der Waals surface area contributed by atoms with Crippen LogP contribution in [0, 0.1) is 0 Å². The minimum atomic E-state index is -0.617. The Morgan fingerprint density at radius 2 is 1.55 bits per heavy atom. The number of pyridine rings is 1. The van der Waals surface area contributed by atoms with Crippen molar-refractivity contribution in [3.05, 3.63) is 29.6 Å². The summed E-state index contributed by atoms with van der Waals surface area (Å²) in [7, 11) is 2.45. The van der Waals surface area contributed by atoms with Gasteiger partial charge in [0.25, 0.3) is 0 Å². The number of rotatable bonds is 5. The van der Waals surface area contributed by atoms with Crippen LogP contribution in [0.5, 0.6) is 0 Å². The first-order valence-corrected chi connectivity index (χ1v) is 5.88. The van der Waals surface area contributed by atoms with E-state index in [9.17, 15) is 14.4 Å². The molecule has 0 atom stereocenters. The van der Waals surface area contributed by atoms with Crippen molar-refractivity contribution in [3.8, 4) is 0 Å². The molecule has 1 aromatic rings. The first-order valence-electron chi connectivity index (χ1n) is 5.88. The SMILES string of the molecule is CCOC(=O)C[n+]1cc(C(=O)OC)cc(C(=O)OC)c1. The topological polar surface area (TPSA) is 82.8 Å². The third kappa shape index (κ3) is 4.04. The van der Waals surface area contributed by atoms with Crippen molar-refractivity contribution >= 4 is 17.9 Å². The molecule has 20 heavy (non-hydrogen) atoms. The monoisotopic (exact) mass is 282 g/mol. The molecular formula is C13H16NO6+. The molecule has 0 amide bonds. The van der Waals surface area contributed by atoms with Crippen LogP contribution in [-0.4, -0.2) is 38.7 Å². The van der Waals surface area contributed by atoms with E-state index < -0.39 is 17.9 Å². The van der Waals surface area contributed by atoms with E-state index in [1.807, 2.05) is 0 Å². The van der Waals surface area contributed by atoms with Crippen LogP contribution >= 0.6 is 0 Å². The Balaban J connectivity index is 3.12. The van der Waals surface area contributed by atoms with Gasteiger partial charge in [-0.15, -0.1) is 0 Å². The normalized spacial score (nSPS) is 9.75. The molecular weight excluding hydrogens is 266 g/mol. The maximum absolute atomic E-state index is 11.5. The van der Waals surface area contributed by atoms with Crippen LogP contribution in [0.15, 0.2) is 18.5 Å². The first kappa shape index (κ1) is 15.6. The van der Waals surface area contributed by atoms with E-state index in [-0.39, 0.29) is 24.3 Å². The molecule has 7 heteroatoms. The molecule has 0 aliphatic carbocycles. The highest BCUT2D eigenvalue weighted by Crippen LogP contribution is 2.05. The summed E-state index contributed by atoms with van der Waals surface area (Å²) in [5.41, 5.74) is 0.277. The van der Waals surface area contributed by atoms with Crippen molar-refractivity contribution in [2.45, 2.75) is 13.5 Å². The van der Waals surface area contributed by atoms with E-state index in [1.165, 1.54) is 37.2 Å². The molecule has 1 aromatic heterocycles. The second-order valence-electron chi connectivity index (χ2n) is 3.77. The van der Waals surface area contributed by atoms with E-state index in [0.29, 0.717) is 0 Å². The molecule has 0 aliphatic heterocycles. The van der Waals surface area contributed by atoms with Gasteiger partial charge in [-0.3, -0.25) is 0 Å². The van der Waals surface area contributed by atoms with Gasteiger partial charge in [0, 0.05) is 0 Å². The lowest BCUT2D eigenvalue weighted by molar-refractivity contribution is -0.686. The van der Waals surface area contributed by atoms with E-state index in [0.717, 1.165) is 0 Å². The number of hydrogen-bond acceptors (Lipinski definition) is 6. The summed E-state index contributed by atoms with van der Waals surface area (Å²) in [4.78, 5) is 34.5. The second kappa shape index (κ2) is 7.22. The first-order chi connectivity index (χ1) is 9.51. The van der Waals surface area contributed by atoms with Gasteiger partial charge in [-0.1, -0.05) is 0 Å². The van der Waals surface area contributed by atoms with Gasteiger partial charge in [0.15, 0.2) is 12.4 Å². The maximum atomic E-state index is 11.5. The standard InChI is InChI=1S/C13H16NO6/c1-4-20-11(15)8-14-6-9(12(16)18-2)5-10(7-14)13(17)19-3/h5-7H,4,8H2,1-3H3/q+1. The molecule has 108 valence electrons. The quantitative estimate of drug-likeness (QED) is 0.433. The molecule has 0 N–H and O–H groups in total. The Morgan fingerprint density at radius 3 is 1.95 bits per heavy atom. The average molecular weight is 282 g/mol. The smallest absolute Gasteiger partial charge is 0.372 e. The van der Waals surface area contributed by atoms with E-state index in [1.54, 1.807) is 6.92 Å². The van der Waals surface area contributed by atoms with Crippen molar-refractivity contribution in [2.75, 3.05) is 20.8 Å². The highest BCUT2D eigenvalue weighted by Gasteiger charge is 2.20. The molecule has 0 aliphatic rings. The molecule has 1 heterocycles. The maximum Gasteiger partial charge on any atom is 0.372 e. The van der Waals surface area contributed by atoms with Crippen molar-refractivity contribution < 1.29 is 33.2 Å². The highest BCUT2D eigenvalue weighted by atomic mass is 16.5. The fourth-order valence-corrected chi connectivity index (χ4v) is 1.54. The highest BCUT2D eigenvalue weighted by molar-refractivity contribution is 5.94. The van der Waals surface area contributed by atoms with Crippen LogP contribution in [-0.2, 0) is 25.5 Å². The van der Waals surface area contributed by atoms with Crippen molar-refractivity contribution in [1.82, 2.24) is 0 Å². The van der Waals surface area contributed by atoms with Crippen LogP contribution in [0.25, 0.3) is 0 Å². The minimum Gasteiger partial charge on any atom is -0.465 e. The zero-order valence-electron chi connectivity index (χ0n) is 11.5. The lowest BCUT2D eigenvalue weighted by Gasteiger charge is -2.03. The summed E-state index contributed by atoms with van der Waals surface area (Å²) in [5, 5.41) is 0. The minimum absolute atomic E-state index is 0.122. The molecule has 0 bridgehead atoms. The van der Waals surface area contributed by atoms with E-state index in [4.69, 9.17) is 4.74 Å². The predicted molar refractivity (Wildman–Crippen MR) is 65.9 cm³/mol. The van der Waals surface area contributed by atoms with Gasteiger partial charge in [-0.05, 0) is 13.0 Å². The molecule has 0 saturated heterocycles. The van der Waals surface area contributed by atoms with Gasteiger partial charge >= 0.3 is 17.9 Å². The number of aromatic nitrogens is 1. The Labute approximate surface area is 116 Å². The van der Waals surface area contributed by atoms with Gasteiger partial charge in [-0.2, -0.15) is 4.57 Å². The number of nitrogens with zero attached hydrogens (tertiary/aromatic N) is 1. The van der Waals surface area contributed by atoms with Gasteiger partial charge in [0.05, 0.1) is 20.8 Å². The molecule has 0 spiro atoms. The number of ether oxygens (including phenoxy) is 3. The Kier molecular flexibility index (Phi) is 5.64. The molecule has 0 saturated carbocycles. The summed E-state index contributed by atoms with van der Waals surface area (Å²) in [6.45, 7) is 1.82. The number of carbonyl (C=O) groups excluding carboxylic acids is 3. The number of hydrogen-bond donors (Lipinski definition) is 0. The van der Waals surface area contributed by atoms with Crippen LogP contribution in [0.2, 0.25) is 0 Å². The summed E-state index contributed by atoms with van der Waals surface area (Å²) < 4.78 is 15.4. The summed E-state index contributed by atoms with van der Waals surface area (Å²) in [6.07, 6.45) is 2.80. The Bertz CT molecular complexity index is 491. The lowest BCUT2D eigenvalue weighted by atomic mass is 10.2.